The molecule has 0 saturated heterocycles. The molecule has 0 spiro atoms. The molecule has 34 heavy (non-hydrogen) atoms. The van der Waals surface area contributed by atoms with E-state index < -0.39 is 11.6 Å². The first kappa shape index (κ1) is 25.8. The van der Waals surface area contributed by atoms with Gasteiger partial charge in [-0.2, -0.15) is 8.78 Å². The van der Waals surface area contributed by atoms with Gasteiger partial charge >= 0.3 is 0 Å². The molecule has 0 aliphatic heterocycles. The second kappa shape index (κ2) is 12.6. The minimum absolute atomic E-state index is 0.0134. The van der Waals surface area contributed by atoms with Crippen molar-refractivity contribution in [1.29, 1.82) is 0 Å². The van der Waals surface area contributed by atoms with Crippen LogP contribution in [-0.4, -0.2) is 13.2 Å². The van der Waals surface area contributed by atoms with Crippen LogP contribution in [0.2, 0.25) is 0 Å². The van der Waals surface area contributed by atoms with Crippen LogP contribution in [0.4, 0.5) is 8.78 Å². The lowest BCUT2D eigenvalue weighted by atomic mass is 9.60. The first-order valence-corrected chi connectivity index (χ1v) is 14.3. The van der Waals surface area contributed by atoms with Gasteiger partial charge in [0.05, 0.1) is 13.2 Å². The first-order valence-electron chi connectivity index (χ1n) is 14.3. The lowest BCUT2D eigenvalue weighted by molar-refractivity contribution is 0.0544. The molecule has 3 aliphatic rings. The molecule has 0 N–H and O–H groups in total. The lowest BCUT2D eigenvalue weighted by Crippen LogP contribution is -2.35. The molecule has 0 amide bonds. The van der Waals surface area contributed by atoms with Gasteiger partial charge < -0.3 is 9.47 Å². The summed E-state index contributed by atoms with van der Waals surface area (Å²) in [6.45, 7) is 5.25. The smallest absolute Gasteiger partial charge is 0.204 e. The van der Waals surface area contributed by atoms with Crippen LogP contribution in [-0.2, 0) is 0 Å². The Hall–Kier alpha value is -1.32. The summed E-state index contributed by atoms with van der Waals surface area (Å²) in [6, 6.07) is 3.01. The van der Waals surface area contributed by atoms with Crippen molar-refractivity contribution in [2.45, 2.75) is 104 Å². The Morgan fingerprint density at radius 2 is 1.24 bits per heavy atom. The van der Waals surface area contributed by atoms with Gasteiger partial charge in [-0.1, -0.05) is 39.5 Å². The minimum Gasteiger partial charge on any atom is -0.490 e. The van der Waals surface area contributed by atoms with E-state index in [0.29, 0.717) is 19.1 Å². The van der Waals surface area contributed by atoms with Gasteiger partial charge in [-0.25, -0.2) is 0 Å². The number of rotatable bonds is 10. The van der Waals surface area contributed by atoms with Crippen LogP contribution in [0.3, 0.4) is 0 Å². The Balaban J connectivity index is 1.20. The maximum Gasteiger partial charge on any atom is 0.204 e. The molecule has 0 radical (unpaired) electrons. The molecular weight excluding hydrogens is 430 g/mol. The Kier molecular flexibility index (Phi) is 9.53. The number of benzene rings is 1. The van der Waals surface area contributed by atoms with Crippen LogP contribution >= 0.6 is 0 Å². The maximum atomic E-state index is 14.5. The Morgan fingerprint density at radius 3 is 1.91 bits per heavy atom. The monoisotopic (exact) mass is 476 g/mol. The average Bonchev–Trinajstić information content (AvgIpc) is 2.86. The van der Waals surface area contributed by atoms with Crippen molar-refractivity contribution < 1.29 is 18.3 Å². The highest BCUT2D eigenvalue weighted by atomic mass is 19.2. The van der Waals surface area contributed by atoms with Crippen LogP contribution in [0.1, 0.15) is 104 Å². The fourth-order valence-corrected chi connectivity index (χ4v) is 7.22. The zero-order valence-corrected chi connectivity index (χ0v) is 21.5. The number of fused-ring (bicyclic) bond motifs is 1. The van der Waals surface area contributed by atoms with Crippen molar-refractivity contribution in [3.63, 3.8) is 0 Å². The Labute approximate surface area is 206 Å². The summed E-state index contributed by atoms with van der Waals surface area (Å²) in [4.78, 5) is 0. The minimum atomic E-state index is -0.934. The van der Waals surface area contributed by atoms with E-state index in [2.05, 4.69) is 6.92 Å². The van der Waals surface area contributed by atoms with Crippen molar-refractivity contribution in [2.24, 2.45) is 35.5 Å². The fraction of sp³-hybridized carbons (Fsp3) is 0.800. The summed E-state index contributed by atoms with van der Waals surface area (Å²) in [6.07, 6.45) is 18.2. The van der Waals surface area contributed by atoms with Crippen molar-refractivity contribution >= 4 is 0 Å². The van der Waals surface area contributed by atoms with E-state index in [-0.39, 0.29) is 11.5 Å². The third-order valence-corrected chi connectivity index (χ3v) is 9.26. The van der Waals surface area contributed by atoms with E-state index in [4.69, 9.17) is 9.47 Å². The number of ether oxygens (including phenoxy) is 2. The molecule has 3 aliphatic carbocycles. The zero-order valence-electron chi connectivity index (χ0n) is 21.5. The average molecular weight is 477 g/mol. The molecule has 4 atom stereocenters. The standard InChI is InChI=1S/C30H46F2O2/c1-3-5-17-33-27-15-16-28(30(32)29(27)31)34-20-22-8-10-23(11-9-22)25-14-13-24-18-21(6-4-2)7-12-26(24)19-25/h15-16,21-26H,3-14,17-20H2,1-2H3. The normalized spacial score (nSPS) is 31.6. The third-order valence-electron chi connectivity index (χ3n) is 9.26. The molecular formula is C30H46F2O2. The number of halogens is 2. The van der Waals surface area contributed by atoms with Gasteiger partial charge in [-0.05, 0) is 112 Å². The molecule has 2 nitrogen and oxygen atoms in total. The summed E-state index contributed by atoms with van der Waals surface area (Å²) in [5, 5.41) is 0. The van der Waals surface area contributed by atoms with Crippen molar-refractivity contribution in [2.75, 3.05) is 13.2 Å². The topological polar surface area (TPSA) is 18.5 Å². The van der Waals surface area contributed by atoms with E-state index in [1.807, 2.05) is 6.92 Å². The van der Waals surface area contributed by atoms with Gasteiger partial charge in [-0.3, -0.25) is 0 Å². The van der Waals surface area contributed by atoms with Gasteiger partial charge in [0.15, 0.2) is 11.5 Å². The number of hydrogen-bond donors (Lipinski definition) is 0. The predicted octanol–water partition coefficient (Wildman–Crippen LogP) is 8.96. The molecule has 1 aromatic carbocycles. The third kappa shape index (κ3) is 6.46. The second-order valence-corrected chi connectivity index (χ2v) is 11.5. The van der Waals surface area contributed by atoms with Crippen LogP contribution < -0.4 is 9.47 Å². The van der Waals surface area contributed by atoms with Gasteiger partial charge in [0, 0.05) is 0 Å². The van der Waals surface area contributed by atoms with Crippen LogP contribution in [0.25, 0.3) is 0 Å². The van der Waals surface area contributed by atoms with E-state index in [1.165, 1.54) is 76.3 Å². The van der Waals surface area contributed by atoms with Gasteiger partial charge in [-0.15, -0.1) is 0 Å². The highest BCUT2D eigenvalue weighted by Crippen LogP contribution is 2.49. The highest BCUT2D eigenvalue weighted by Gasteiger charge is 2.38. The maximum absolute atomic E-state index is 14.5. The molecule has 192 valence electrons. The van der Waals surface area contributed by atoms with Crippen LogP contribution in [0, 0.1) is 47.1 Å². The Bertz CT molecular complexity index is 758. The summed E-state index contributed by atoms with van der Waals surface area (Å²) in [5.74, 6) is 3.35. The van der Waals surface area contributed by atoms with E-state index in [1.54, 1.807) is 0 Å². The molecule has 4 heteroatoms. The van der Waals surface area contributed by atoms with Gasteiger partial charge in [0.2, 0.25) is 11.6 Å². The largest absolute Gasteiger partial charge is 0.490 e. The fourth-order valence-electron chi connectivity index (χ4n) is 7.22. The molecule has 0 bridgehead atoms. The van der Waals surface area contributed by atoms with Crippen molar-refractivity contribution in [1.82, 2.24) is 0 Å². The van der Waals surface area contributed by atoms with Gasteiger partial charge in [0.1, 0.15) is 0 Å². The zero-order chi connectivity index (χ0) is 23.9. The van der Waals surface area contributed by atoms with Crippen LogP contribution in [0.5, 0.6) is 11.5 Å². The Morgan fingerprint density at radius 1 is 0.676 bits per heavy atom. The number of hydrogen-bond acceptors (Lipinski definition) is 2. The molecule has 4 rings (SSSR count). The summed E-state index contributed by atoms with van der Waals surface area (Å²) in [5.41, 5.74) is 0. The molecule has 3 fully saturated rings. The SMILES string of the molecule is CCCCOc1ccc(OCC2CCC(C3CCC4CC(CCC)CCC4C3)CC2)c(F)c1F. The molecule has 1 aromatic rings. The van der Waals surface area contributed by atoms with Crippen molar-refractivity contribution in [3.05, 3.63) is 23.8 Å². The predicted molar refractivity (Wildman–Crippen MR) is 134 cm³/mol. The van der Waals surface area contributed by atoms with E-state index in [0.717, 1.165) is 55.3 Å². The molecule has 0 heterocycles. The molecule has 4 unspecified atom stereocenters. The molecule has 0 aromatic heterocycles. The summed E-state index contributed by atoms with van der Waals surface area (Å²) < 4.78 is 39.9. The number of unbranched alkanes of at least 4 members (excludes halogenated alkanes) is 1. The quantitative estimate of drug-likeness (QED) is 0.314. The first-order chi connectivity index (χ1) is 16.6. The lowest BCUT2D eigenvalue weighted by Gasteiger charge is -2.45. The second-order valence-electron chi connectivity index (χ2n) is 11.5. The van der Waals surface area contributed by atoms with E-state index in [9.17, 15) is 8.78 Å². The van der Waals surface area contributed by atoms with Crippen molar-refractivity contribution in [3.8, 4) is 11.5 Å². The van der Waals surface area contributed by atoms with E-state index >= 15 is 0 Å². The van der Waals surface area contributed by atoms with Crippen LogP contribution in [0.15, 0.2) is 12.1 Å². The highest BCUT2D eigenvalue weighted by molar-refractivity contribution is 5.35. The van der Waals surface area contributed by atoms with Gasteiger partial charge in [0.25, 0.3) is 0 Å². The summed E-state index contributed by atoms with van der Waals surface area (Å²) >= 11 is 0. The summed E-state index contributed by atoms with van der Waals surface area (Å²) in [7, 11) is 0. The molecule has 3 saturated carbocycles.